The van der Waals surface area contributed by atoms with Crippen molar-refractivity contribution in [3.63, 3.8) is 0 Å². The van der Waals surface area contributed by atoms with Gasteiger partial charge >= 0.3 is 18.4 Å². The fraction of sp³-hybridized carbons (Fsp3) is 0.409. The highest BCUT2D eigenvalue weighted by atomic mass is 35.5. The van der Waals surface area contributed by atoms with Gasteiger partial charge in [0.1, 0.15) is 5.82 Å². The number of urea groups is 1. The van der Waals surface area contributed by atoms with Crippen LogP contribution in [0.4, 0.5) is 41.2 Å². The van der Waals surface area contributed by atoms with Gasteiger partial charge in [0, 0.05) is 38.3 Å². The Bertz CT molecular complexity index is 963. The molecule has 12 heteroatoms. The number of carbonyl (C=O) groups excluding carboxylic acids is 1. The van der Waals surface area contributed by atoms with Crippen LogP contribution >= 0.6 is 12.4 Å². The maximum Gasteiger partial charge on any atom is 0.416 e. The average Bonchev–Trinajstić information content (AvgIpc) is 2.76. The number of anilines is 1. The van der Waals surface area contributed by atoms with Gasteiger partial charge in [-0.3, -0.25) is 4.90 Å². The second-order valence-corrected chi connectivity index (χ2v) is 7.93. The molecule has 0 aliphatic carbocycles. The number of hydrogen-bond acceptors (Lipinski definition) is 2. The highest BCUT2D eigenvalue weighted by Gasteiger charge is 2.38. The molecule has 0 aromatic heterocycles. The lowest BCUT2D eigenvalue weighted by atomic mass is 9.86. The zero-order chi connectivity index (χ0) is 24.6. The van der Waals surface area contributed by atoms with E-state index in [1.54, 1.807) is 12.1 Å². The molecule has 0 unspecified atom stereocenters. The Hall–Kier alpha value is -2.53. The van der Waals surface area contributed by atoms with Crippen LogP contribution in [0.15, 0.2) is 42.5 Å². The minimum Gasteiger partial charge on any atom is -0.324 e. The third-order valence-electron chi connectivity index (χ3n) is 5.79. The predicted octanol–water partition coefficient (Wildman–Crippen LogP) is 5.92. The van der Waals surface area contributed by atoms with Crippen LogP contribution in [0.1, 0.15) is 29.0 Å². The number of carbonyl (C=O) groups is 1. The molecular formula is C22H23ClF7N3O. The first kappa shape index (κ1) is 27.7. The summed E-state index contributed by atoms with van der Waals surface area (Å²) in [4.78, 5) is 15.2. The first-order valence-corrected chi connectivity index (χ1v) is 10.0. The minimum atomic E-state index is -5.02. The van der Waals surface area contributed by atoms with Gasteiger partial charge in [0.25, 0.3) is 0 Å². The zero-order valence-corrected chi connectivity index (χ0v) is 19.0. The number of likely N-dealkylation sites (N-methyl/N-ethyl adjacent to an activating group) is 1. The highest BCUT2D eigenvalue weighted by molar-refractivity contribution is 5.91. The molecule has 2 aromatic rings. The van der Waals surface area contributed by atoms with Crippen molar-refractivity contribution < 1.29 is 35.5 Å². The Morgan fingerprint density at radius 2 is 1.47 bits per heavy atom. The number of hydrogen-bond donors (Lipinski definition) is 1. The summed E-state index contributed by atoms with van der Waals surface area (Å²) in [6.45, 7) is 1.03. The number of alkyl halides is 6. The van der Waals surface area contributed by atoms with Crippen molar-refractivity contribution in [1.82, 2.24) is 10.2 Å². The van der Waals surface area contributed by atoms with Crippen LogP contribution in [0.3, 0.4) is 0 Å². The van der Waals surface area contributed by atoms with E-state index in [4.69, 9.17) is 0 Å². The minimum absolute atomic E-state index is 0. The topological polar surface area (TPSA) is 35.6 Å². The van der Waals surface area contributed by atoms with Crippen LogP contribution in [0.25, 0.3) is 0 Å². The van der Waals surface area contributed by atoms with E-state index in [1.165, 1.54) is 24.1 Å². The summed E-state index contributed by atoms with van der Waals surface area (Å²) in [5.41, 5.74) is -2.77. The first-order valence-electron chi connectivity index (χ1n) is 10.0. The third-order valence-corrected chi connectivity index (χ3v) is 5.79. The fourth-order valence-corrected chi connectivity index (χ4v) is 3.98. The molecule has 1 fully saturated rings. The van der Waals surface area contributed by atoms with Crippen molar-refractivity contribution in [2.24, 2.45) is 0 Å². The fourth-order valence-electron chi connectivity index (χ4n) is 3.98. The van der Waals surface area contributed by atoms with Crippen LogP contribution in [0.2, 0.25) is 0 Å². The van der Waals surface area contributed by atoms with Gasteiger partial charge in [0.05, 0.1) is 11.1 Å². The zero-order valence-electron chi connectivity index (χ0n) is 18.2. The first-order chi connectivity index (χ1) is 15.3. The van der Waals surface area contributed by atoms with Crippen LogP contribution in [-0.2, 0) is 12.4 Å². The van der Waals surface area contributed by atoms with Gasteiger partial charge in [0.15, 0.2) is 0 Å². The van der Waals surface area contributed by atoms with Gasteiger partial charge < -0.3 is 10.2 Å². The van der Waals surface area contributed by atoms with Gasteiger partial charge in [-0.25, -0.2) is 9.18 Å². The second-order valence-electron chi connectivity index (χ2n) is 7.93. The Balaban J connectivity index is 0.00000408. The molecule has 1 aliphatic heterocycles. The Kier molecular flexibility index (Phi) is 8.47. The number of halogens is 8. The van der Waals surface area contributed by atoms with Crippen LogP contribution in [-0.4, -0.2) is 44.2 Å². The molecular weight excluding hydrogens is 491 g/mol. The molecule has 1 heterocycles. The van der Waals surface area contributed by atoms with E-state index in [2.05, 4.69) is 5.32 Å². The van der Waals surface area contributed by atoms with Crippen molar-refractivity contribution in [1.29, 1.82) is 0 Å². The normalized spacial score (nSPS) is 18.7. The Morgan fingerprint density at radius 3 is 1.97 bits per heavy atom. The van der Waals surface area contributed by atoms with E-state index in [-0.39, 0.29) is 24.4 Å². The van der Waals surface area contributed by atoms with E-state index >= 15 is 0 Å². The molecule has 3 rings (SSSR count). The van der Waals surface area contributed by atoms with E-state index in [0.29, 0.717) is 31.6 Å². The van der Waals surface area contributed by atoms with Crippen molar-refractivity contribution in [3.8, 4) is 0 Å². The molecule has 2 amide bonds. The van der Waals surface area contributed by atoms with Crippen molar-refractivity contribution in [2.75, 3.05) is 32.1 Å². The maximum absolute atomic E-state index is 13.3. The van der Waals surface area contributed by atoms with Crippen LogP contribution in [0.5, 0.6) is 0 Å². The molecule has 1 aliphatic rings. The number of piperidine rings is 1. The molecule has 1 N–H and O–H groups in total. The van der Waals surface area contributed by atoms with E-state index in [0.717, 1.165) is 17.5 Å². The maximum atomic E-state index is 13.3. The largest absolute Gasteiger partial charge is 0.416 e. The molecule has 188 valence electrons. The Morgan fingerprint density at radius 1 is 0.941 bits per heavy atom. The summed E-state index contributed by atoms with van der Waals surface area (Å²) in [6, 6.07) is 5.63. The smallest absolute Gasteiger partial charge is 0.324 e. The molecule has 2 atom stereocenters. The molecule has 4 nitrogen and oxygen atoms in total. The lowest BCUT2D eigenvalue weighted by molar-refractivity contribution is -0.143. The highest BCUT2D eigenvalue weighted by Crippen LogP contribution is 2.38. The number of rotatable bonds is 3. The number of nitrogens with one attached hydrogen (secondary N) is 1. The van der Waals surface area contributed by atoms with Gasteiger partial charge in [-0.15, -0.1) is 12.4 Å². The van der Waals surface area contributed by atoms with E-state index < -0.39 is 47.1 Å². The third kappa shape index (κ3) is 6.12. The molecule has 0 spiro atoms. The summed E-state index contributed by atoms with van der Waals surface area (Å²) in [6.07, 6.45) is -9.54. The van der Waals surface area contributed by atoms with Crippen molar-refractivity contribution in [3.05, 3.63) is 65.0 Å². The summed E-state index contributed by atoms with van der Waals surface area (Å²) in [7, 11) is 2.58. The monoisotopic (exact) mass is 513 g/mol. The summed E-state index contributed by atoms with van der Waals surface area (Å²) in [5.74, 6) is -0.665. The summed E-state index contributed by atoms with van der Waals surface area (Å²) < 4.78 is 92.5. The number of nitrogens with zero attached hydrogens (tertiary/aromatic N) is 2. The Labute approximate surface area is 198 Å². The number of amides is 2. The lowest BCUT2D eigenvalue weighted by Gasteiger charge is -2.40. The SMILES string of the molecule is CN(C(=O)N(C)[C@H]1CCNC[C@H]1c1ccc(F)cc1)c1cc(C(F)(F)F)cc(C(F)(F)F)c1.Cl. The summed E-state index contributed by atoms with van der Waals surface area (Å²) >= 11 is 0. The quantitative estimate of drug-likeness (QED) is 0.517. The van der Waals surface area contributed by atoms with Crippen LogP contribution in [0, 0.1) is 5.82 Å². The van der Waals surface area contributed by atoms with E-state index in [9.17, 15) is 35.5 Å². The van der Waals surface area contributed by atoms with Gasteiger partial charge in [0.2, 0.25) is 0 Å². The second kappa shape index (κ2) is 10.4. The average molecular weight is 514 g/mol. The molecule has 0 saturated carbocycles. The molecule has 2 aromatic carbocycles. The standard InChI is InChI=1S/C22H22F7N3O.ClH/c1-31(17-10-14(21(24,25)26)9-15(11-17)22(27,28)29)20(33)32(2)19-7-8-30-12-18(19)13-3-5-16(23)6-4-13;/h3-6,9-11,18-19,30H,7-8,12H2,1-2H3;1H/t18-,19-;/m0./s1. The van der Waals surface area contributed by atoms with Crippen LogP contribution < -0.4 is 10.2 Å². The van der Waals surface area contributed by atoms with Gasteiger partial charge in [-0.2, -0.15) is 26.3 Å². The van der Waals surface area contributed by atoms with Crippen molar-refractivity contribution in [2.45, 2.75) is 30.7 Å². The molecule has 0 bridgehead atoms. The number of benzene rings is 2. The summed E-state index contributed by atoms with van der Waals surface area (Å²) in [5, 5.41) is 3.19. The van der Waals surface area contributed by atoms with E-state index in [1.807, 2.05) is 0 Å². The molecule has 0 radical (unpaired) electrons. The van der Waals surface area contributed by atoms with Crippen molar-refractivity contribution >= 4 is 24.1 Å². The predicted molar refractivity (Wildman–Crippen MR) is 116 cm³/mol. The van der Waals surface area contributed by atoms with Gasteiger partial charge in [-0.05, 0) is 48.9 Å². The molecule has 1 saturated heterocycles. The molecule has 34 heavy (non-hydrogen) atoms. The van der Waals surface area contributed by atoms with Gasteiger partial charge in [-0.1, -0.05) is 12.1 Å². The lowest BCUT2D eigenvalue weighted by Crippen LogP contribution is -2.52.